The van der Waals surface area contributed by atoms with E-state index in [4.69, 9.17) is 4.74 Å². The predicted molar refractivity (Wildman–Crippen MR) is 109 cm³/mol. The Balaban J connectivity index is 1.71. The molecule has 0 spiro atoms. The van der Waals surface area contributed by atoms with Crippen LogP contribution < -0.4 is 4.74 Å². The third kappa shape index (κ3) is 3.55. The molecule has 1 saturated heterocycles. The summed E-state index contributed by atoms with van der Waals surface area (Å²) in [5.74, 6) is 0.756. The van der Waals surface area contributed by atoms with E-state index < -0.39 is 5.60 Å². The Hall–Kier alpha value is -2.81. The fourth-order valence-corrected chi connectivity index (χ4v) is 3.85. The first-order valence-corrected chi connectivity index (χ1v) is 9.69. The number of ether oxygens (including phenoxy) is 1. The maximum absolute atomic E-state index is 13.5. The van der Waals surface area contributed by atoms with E-state index in [9.17, 15) is 4.79 Å². The first kappa shape index (κ1) is 17.6. The summed E-state index contributed by atoms with van der Waals surface area (Å²) in [5, 5.41) is 2.27. The topological polar surface area (TPSA) is 29.5 Å². The standard InChI is InChI=1S/C24H25NO2/c1-24(21-12-4-2-5-13-21,23(26)25-16-8-3-9-17-25)27-22-15-14-19-10-6-7-11-20(19)18-22/h2,4-7,10-15,18H,3,8-9,16-17H2,1H3. The first-order chi connectivity index (χ1) is 13.2. The van der Waals surface area contributed by atoms with Crippen LogP contribution in [0.4, 0.5) is 0 Å². The summed E-state index contributed by atoms with van der Waals surface area (Å²) in [7, 11) is 0. The molecule has 1 aliphatic rings. The number of carbonyl (C=O) groups is 1. The number of hydrogen-bond donors (Lipinski definition) is 0. The average Bonchev–Trinajstić information content (AvgIpc) is 2.74. The van der Waals surface area contributed by atoms with E-state index in [1.54, 1.807) is 0 Å². The van der Waals surface area contributed by atoms with E-state index in [0.717, 1.165) is 42.3 Å². The largest absolute Gasteiger partial charge is 0.473 e. The monoisotopic (exact) mass is 359 g/mol. The highest BCUT2D eigenvalue weighted by atomic mass is 16.5. The van der Waals surface area contributed by atoms with Crippen molar-refractivity contribution in [2.75, 3.05) is 13.1 Å². The van der Waals surface area contributed by atoms with Gasteiger partial charge in [-0.2, -0.15) is 0 Å². The molecule has 1 amide bonds. The fourth-order valence-electron chi connectivity index (χ4n) is 3.85. The van der Waals surface area contributed by atoms with Gasteiger partial charge in [0.2, 0.25) is 5.60 Å². The number of amides is 1. The molecule has 1 fully saturated rings. The highest BCUT2D eigenvalue weighted by Crippen LogP contribution is 2.32. The summed E-state index contributed by atoms with van der Waals surface area (Å²) in [6.07, 6.45) is 3.32. The zero-order valence-corrected chi connectivity index (χ0v) is 15.7. The molecule has 0 radical (unpaired) electrons. The van der Waals surface area contributed by atoms with Gasteiger partial charge in [0, 0.05) is 18.7 Å². The lowest BCUT2D eigenvalue weighted by Gasteiger charge is -2.37. The summed E-state index contributed by atoms with van der Waals surface area (Å²) in [4.78, 5) is 15.4. The van der Waals surface area contributed by atoms with Crippen LogP contribution in [0.5, 0.6) is 5.75 Å². The third-order valence-electron chi connectivity index (χ3n) is 5.42. The van der Waals surface area contributed by atoms with Crippen LogP contribution in [0, 0.1) is 0 Å². The van der Waals surface area contributed by atoms with Crippen molar-refractivity contribution >= 4 is 16.7 Å². The molecule has 1 atom stereocenters. The van der Waals surface area contributed by atoms with Crippen LogP contribution in [0.3, 0.4) is 0 Å². The molecule has 3 aromatic rings. The van der Waals surface area contributed by atoms with Crippen LogP contribution in [0.2, 0.25) is 0 Å². The number of piperidine rings is 1. The number of hydrogen-bond acceptors (Lipinski definition) is 2. The molecule has 3 heteroatoms. The van der Waals surface area contributed by atoms with Crippen molar-refractivity contribution in [2.24, 2.45) is 0 Å². The molecule has 0 bridgehead atoms. The SMILES string of the molecule is CC(Oc1ccc2ccccc2c1)(C(=O)N1CCCCC1)c1ccccc1. The Labute approximate surface area is 160 Å². The van der Waals surface area contributed by atoms with Gasteiger partial charge in [0.25, 0.3) is 5.91 Å². The van der Waals surface area contributed by atoms with Crippen molar-refractivity contribution in [3.8, 4) is 5.75 Å². The Bertz CT molecular complexity index is 931. The van der Waals surface area contributed by atoms with Crippen molar-refractivity contribution in [1.29, 1.82) is 0 Å². The van der Waals surface area contributed by atoms with Crippen LogP contribution in [-0.4, -0.2) is 23.9 Å². The molecular weight excluding hydrogens is 334 g/mol. The highest BCUT2D eigenvalue weighted by molar-refractivity contribution is 5.87. The molecule has 27 heavy (non-hydrogen) atoms. The molecule has 3 nitrogen and oxygen atoms in total. The van der Waals surface area contributed by atoms with Gasteiger partial charge < -0.3 is 9.64 Å². The molecule has 0 aliphatic carbocycles. The predicted octanol–water partition coefficient (Wildman–Crippen LogP) is 5.15. The lowest BCUT2D eigenvalue weighted by Crippen LogP contribution is -2.50. The van der Waals surface area contributed by atoms with E-state index in [-0.39, 0.29) is 5.91 Å². The van der Waals surface area contributed by atoms with E-state index in [1.165, 1.54) is 6.42 Å². The molecule has 0 saturated carbocycles. The second kappa shape index (κ2) is 7.43. The summed E-state index contributed by atoms with van der Waals surface area (Å²) in [5.41, 5.74) is -0.158. The Kier molecular flexibility index (Phi) is 4.85. The quantitative estimate of drug-likeness (QED) is 0.645. The highest BCUT2D eigenvalue weighted by Gasteiger charge is 2.41. The van der Waals surface area contributed by atoms with Crippen LogP contribution in [0.15, 0.2) is 72.8 Å². The maximum Gasteiger partial charge on any atom is 0.271 e. The lowest BCUT2D eigenvalue weighted by molar-refractivity contribution is -0.148. The summed E-state index contributed by atoms with van der Waals surface area (Å²) in [6.45, 7) is 3.51. The Morgan fingerprint density at radius 2 is 1.52 bits per heavy atom. The molecular formula is C24H25NO2. The average molecular weight is 359 g/mol. The van der Waals surface area contributed by atoms with Gasteiger partial charge in [-0.05, 0) is 49.1 Å². The smallest absolute Gasteiger partial charge is 0.271 e. The molecule has 1 heterocycles. The minimum Gasteiger partial charge on any atom is -0.473 e. The van der Waals surface area contributed by atoms with Gasteiger partial charge in [-0.15, -0.1) is 0 Å². The van der Waals surface area contributed by atoms with Crippen LogP contribution in [0.25, 0.3) is 10.8 Å². The van der Waals surface area contributed by atoms with Crippen molar-refractivity contribution in [2.45, 2.75) is 31.8 Å². The fraction of sp³-hybridized carbons (Fsp3) is 0.292. The molecule has 1 unspecified atom stereocenters. The molecule has 3 aromatic carbocycles. The van der Waals surface area contributed by atoms with Gasteiger partial charge in [-0.25, -0.2) is 0 Å². The third-order valence-corrected chi connectivity index (χ3v) is 5.42. The van der Waals surface area contributed by atoms with Crippen molar-refractivity contribution in [3.63, 3.8) is 0 Å². The molecule has 0 N–H and O–H groups in total. The molecule has 138 valence electrons. The molecule has 4 rings (SSSR count). The van der Waals surface area contributed by atoms with Crippen LogP contribution >= 0.6 is 0 Å². The number of likely N-dealkylation sites (tertiary alicyclic amines) is 1. The number of fused-ring (bicyclic) bond motifs is 1. The van der Waals surface area contributed by atoms with Gasteiger partial charge in [-0.3, -0.25) is 4.79 Å². The minimum atomic E-state index is -1.04. The minimum absolute atomic E-state index is 0.0431. The number of rotatable bonds is 4. The van der Waals surface area contributed by atoms with E-state index >= 15 is 0 Å². The summed E-state index contributed by atoms with van der Waals surface area (Å²) in [6, 6.07) is 24.0. The van der Waals surface area contributed by atoms with E-state index in [2.05, 4.69) is 12.1 Å². The lowest BCUT2D eigenvalue weighted by atomic mass is 9.92. The van der Waals surface area contributed by atoms with Gasteiger partial charge in [0.05, 0.1) is 0 Å². The van der Waals surface area contributed by atoms with E-state index in [1.807, 2.05) is 72.5 Å². The van der Waals surface area contributed by atoms with Crippen molar-refractivity contribution in [1.82, 2.24) is 4.90 Å². The zero-order valence-electron chi connectivity index (χ0n) is 15.7. The zero-order chi connectivity index (χ0) is 18.7. The van der Waals surface area contributed by atoms with Crippen LogP contribution in [-0.2, 0) is 10.4 Å². The number of nitrogens with zero attached hydrogens (tertiary/aromatic N) is 1. The second-order valence-electron chi connectivity index (χ2n) is 7.36. The van der Waals surface area contributed by atoms with Gasteiger partial charge >= 0.3 is 0 Å². The second-order valence-corrected chi connectivity index (χ2v) is 7.36. The van der Waals surface area contributed by atoms with Crippen molar-refractivity contribution < 1.29 is 9.53 Å². The van der Waals surface area contributed by atoms with E-state index in [0.29, 0.717) is 5.75 Å². The molecule has 1 aliphatic heterocycles. The Morgan fingerprint density at radius 1 is 0.852 bits per heavy atom. The molecule has 0 aromatic heterocycles. The first-order valence-electron chi connectivity index (χ1n) is 9.69. The van der Waals surface area contributed by atoms with Gasteiger partial charge in [0.15, 0.2) is 0 Å². The van der Waals surface area contributed by atoms with Crippen molar-refractivity contribution in [3.05, 3.63) is 78.4 Å². The van der Waals surface area contributed by atoms with Gasteiger partial charge in [0.1, 0.15) is 5.75 Å². The number of benzene rings is 3. The van der Waals surface area contributed by atoms with Gasteiger partial charge in [-0.1, -0.05) is 60.7 Å². The van der Waals surface area contributed by atoms with Crippen LogP contribution in [0.1, 0.15) is 31.7 Å². The maximum atomic E-state index is 13.5. The Morgan fingerprint density at radius 3 is 2.26 bits per heavy atom. The number of carbonyl (C=O) groups excluding carboxylic acids is 1. The summed E-state index contributed by atoms with van der Waals surface area (Å²) < 4.78 is 6.42. The normalized spacial score (nSPS) is 16.7. The summed E-state index contributed by atoms with van der Waals surface area (Å²) >= 11 is 0.